The highest BCUT2D eigenvalue weighted by Gasteiger charge is 2.13. The number of benzene rings is 1. The number of aryl methyl sites for hydroxylation is 1. The van der Waals surface area contributed by atoms with E-state index in [0.717, 1.165) is 17.9 Å². The fourth-order valence-electron chi connectivity index (χ4n) is 2.68. The van der Waals surface area contributed by atoms with Crippen LogP contribution in [0.25, 0.3) is 11.0 Å². The van der Waals surface area contributed by atoms with Crippen molar-refractivity contribution in [3.63, 3.8) is 0 Å². The molecule has 1 aromatic heterocycles. The summed E-state index contributed by atoms with van der Waals surface area (Å²) < 4.78 is 5.96. The van der Waals surface area contributed by atoms with Crippen molar-refractivity contribution in [1.82, 2.24) is 4.90 Å². The van der Waals surface area contributed by atoms with E-state index in [-0.39, 0.29) is 0 Å². The molecule has 3 rings (SSSR count). The quantitative estimate of drug-likeness (QED) is 0.780. The summed E-state index contributed by atoms with van der Waals surface area (Å²) >= 11 is 0. The van der Waals surface area contributed by atoms with Crippen molar-refractivity contribution in [2.45, 2.75) is 32.7 Å². The van der Waals surface area contributed by atoms with Crippen LogP contribution < -0.4 is 0 Å². The second-order valence-corrected chi connectivity index (χ2v) is 5.04. The maximum atomic E-state index is 5.96. The number of piperidine rings is 1. The Balaban J connectivity index is 1.83. The van der Waals surface area contributed by atoms with Crippen molar-refractivity contribution in [3.05, 3.63) is 35.6 Å². The van der Waals surface area contributed by atoms with Crippen LogP contribution in [0.3, 0.4) is 0 Å². The number of hydrogen-bond acceptors (Lipinski definition) is 2. The smallest absolute Gasteiger partial charge is 0.137 e. The third kappa shape index (κ3) is 2.22. The Morgan fingerprint density at radius 2 is 2.00 bits per heavy atom. The van der Waals surface area contributed by atoms with Crippen LogP contribution in [-0.2, 0) is 6.54 Å². The molecule has 2 nitrogen and oxygen atoms in total. The minimum atomic E-state index is 0.966. The van der Waals surface area contributed by atoms with E-state index in [1.165, 1.54) is 43.3 Å². The monoisotopic (exact) mass is 229 g/mol. The average molecular weight is 229 g/mol. The third-order valence-electron chi connectivity index (χ3n) is 3.62. The van der Waals surface area contributed by atoms with E-state index in [4.69, 9.17) is 4.42 Å². The number of likely N-dealkylation sites (tertiary alicyclic amines) is 1. The molecule has 2 heterocycles. The van der Waals surface area contributed by atoms with Gasteiger partial charge in [0.1, 0.15) is 11.3 Å². The zero-order valence-corrected chi connectivity index (χ0v) is 10.4. The van der Waals surface area contributed by atoms with Gasteiger partial charge in [0.25, 0.3) is 0 Å². The Hall–Kier alpha value is -1.28. The van der Waals surface area contributed by atoms with Gasteiger partial charge in [0.05, 0.1) is 6.54 Å². The number of furan rings is 1. The van der Waals surface area contributed by atoms with Gasteiger partial charge in [-0.1, -0.05) is 24.6 Å². The molecule has 0 bridgehead atoms. The number of nitrogens with zero attached hydrogens (tertiary/aromatic N) is 1. The van der Waals surface area contributed by atoms with E-state index >= 15 is 0 Å². The average Bonchev–Trinajstić information content (AvgIpc) is 2.74. The molecule has 1 aliphatic rings. The molecule has 2 aromatic rings. The number of rotatable bonds is 2. The minimum Gasteiger partial charge on any atom is -0.459 e. The second kappa shape index (κ2) is 4.53. The van der Waals surface area contributed by atoms with E-state index < -0.39 is 0 Å². The van der Waals surface area contributed by atoms with Gasteiger partial charge in [0.15, 0.2) is 0 Å². The van der Waals surface area contributed by atoms with E-state index in [1.807, 2.05) is 0 Å². The lowest BCUT2D eigenvalue weighted by atomic mass is 10.1. The van der Waals surface area contributed by atoms with Gasteiger partial charge in [0.2, 0.25) is 0 Å². The maximum absolute atomic E-state index is 5.96. The highest BCUT2D eigenvalue weighted by Crippen LogP contribution is 2.24. The van der Waals surface area contributed by atoms with E-state index in [9.17, 15) is 0 Å². The SMILES string of the molecule is Cc1cccc2cc(CN3CCCCC3)oc12. The van der Waals surface area contributed by atoms with Gasteiger partial charge in [-0.05, 0) is 44.5 Å². The van der Waals surface area contributed by atoms with Gasteiger partial charge < -0.3 is 4.42 Å². The molecule has 90 valence electrons. The summed E-state index contributed by atoms with van der Waals surface area (Å²) in [7, 11) is 0. The Morgan fingerprint density at radius 1 is 1.18 bits per heavy atom. The predicted octanol–water partition coefficient (Wildman–Crippen LogP) is 3.73. The van der Waals surface area contributed by atoms with Crippen LogP contribution in [-0.4, -0.2) is 18.0 Å². The molecule has 0 unspecified atom stereocenters. The van der Waals surface area contributed by atoms with Crippen LogP contribution in [0.1, 0.15) is 30.6 Å². The van der Waals surface area contributed by atoms with Crippen molar-refractivity contribution >= 4 is 11.0 Å². The Bertz CT molecular complexity index is 509. The number of hydrogen-bond donors (Lipinski definition) is 0. The second-order valence-electron chi connectivity index (χ2n) is 5.04. The van der Waals surface area contributed by atoms with Crippen molar-refractivity contribution in [2.24, 2.45) is 0 Å². The van der Waals surface area contributed by atoms with Crippen LogP contribution in [0, 0.1) is 6.92 Å². The molecule has 0 N–H and O–H groups in total. The molecule has 17 heavy (non-hydrogen) atoms. The molecular weight excluding hydrogens is 210 g/mol. The van der Waals surface area contributed by atoms with Crippen LogP contribution >= 0.6 is 0 Å². The molecule has 0 atom stereocenters. The van der Waals surface area contributed by atoms with Crippen molar-refractivity contribution in [1.29, 1.82) is 0 Å². The third-order valence-corrected chi connectivity index (χ3v) is 3.62. The van der Waals surface area contributed by atoms with Crippen LogP contribution in [0.2, 0.25) is 0 Å². The first-order valence-corrected chi connectivity index (χ1v) is 6.53. The first-order chi connectivity index (χ1) is 8.33. The molecule has 0 amide bonds. The zero-order valence-electron chi connectivity index (χ0n) is 10.4. The van der Waals surface area contributed by atoms with Crippen LogP contribution in [0.4, 0.5) is 0 Å². The number of fused-ring (bicyclic) bond motifs is 1. The molecule has 1 aromatic carbocycles. The van der Waals surface area contributed by atoms with E-state index in [0.29, 0.717) is 0 Å². The lowest BCUT2D eigenvalue weighted by Crippen LogP contribution is -2.28. The van der Waals surface area contributed by atoms with Crippen LogP contribution in [0.5, 0.6) is 0 Å². The van der Waals surface area contributed by atoms with Crippen molar-refractivity contribution < 1.29 is 4.42 Å². The Labute approximate surface area is 102 Å². The van der Waals surface area contributed by atoms with Crippen LogP contribution in [0.15, 0.2) is 28.7 Å². The molecule has 0 saturated carbocycles. The molecule has 2 heteroatoms. The normalized spacial score (nSPS) is 17.7. The molecule has 1 fully saturated rings. The lowest BCUT2D eigenvalue weighted by Gasteiger charge is -2.25. The van der Waals surface area contributed by atoms with Gasteiger partial charge in [-0.15, -0.1) is 0 Å². The first-order valence-electron chi connectivity index (χ1n) is 6.53. The van der Waals surface area contributed by atoms with Gasteiger partial charge in [0, 0.05) is 5.39 Å². The Kier molecular flexibility index (Phi) is 2.89. The molecule has 0 aliphatic carbocycles. The summed E-state index contributed by atoms with van der Waals surface area (Å²) in [6, 6.07) is 8.52. The summed E-state index contributed by atoms with van der Waals surface area (Å²) in [6.45, 7) is 5.51. The lowest BCUT2D eigenvalue weighted by molar-refractivity contribution is 0.207. The predicted molar refractivity (Wildman–Crippen MR) is 70.1 cm³/mol. The standard InChI is InChI=1S/C15H19NO/c1-12-6-5-7-13-10-14(17-15(12)13)11-16-8-3-2-4-9-16/h5-7,10H,2-4,8-9,11H2,1H3. The fourth-order valence-corrected chi connectivity index (χ4v) is 2.68. The van der Waals surface area contributed by atoms with Gasteiger partial charge >= 0.3 is 0 Å². The summed E-state index contributed by atoms with van der Waals surface area (Å²) in [5.41, 5.74) is 2.28. The highest BCUT2D eigenvalue weighted by atomic mass is 16.3. The van der Waals surface area contributed by atoms with E-state index in [2.05, 4.69) is 36.1 Å². The molecule has 0 radical (unpaired) electrons. The van der Waals surface area contributed by atoms with Gasteiger partial charge in [-0.3, -0.25) is 4.90 Å². The van der Waals surface area contributed by atoms with Gasteiger partial charge in [-0.2, -0.15) is 0 Å². The van der Waals surface area contributed by atoms with Gasteiger partial charge in [-0.25, -0.2) is 0 Å². The molecule has 0 spiro atoms. The largest absolute Gasteiger partial charge is 0.459 e. The first kappa shape index (κ1) is 10.8. The summed E-state index contributed by atoms with van der Waals surface area (Å²) in [6.07, 6.45) is 4.05. The summed E-state index contributed by atoms with van der Waals surface area (Å²) in [5.74, 6) is 1.11. The Morgan fingerprint density at radius 3 is 2.76 bits per heavy atom. The minimum absolute atomic E-state index is 0.966. The highest BCUT2D eigenvalue weighted by molar-refractivity contribution is 5.80. The van der Waals surface area contributed by atoms with Crippen molar-refractivity contribution in [2.75, 3.05) is 13.1 Å². The number of para-hydroxylation sites is 1. The molecule has 1 saturated heterocycles. The summed E-state index contributed by atoms with van der Waals surface area (Å²) in [5, 5.41) is 1.23. The van der Waals surface area contributed by atoms with E-state index in [1.54, 1.807) is 0 Å². The molecular formula is C15H19NO. The fraction of sp³-hybridized carbons (Fsp3) is 0.467. The van der Waals surface area contributed by atoms with Crippen molar-refractivity contribution in [3.8, 4) is 0 Å². The molecule has 1 aliphatic heterocycles. The summed E-state index contributed by atoms with van der Waals surface area (Å²) in [4.78, 5) is 2.50. The topological polar surface area (TPSA) is 16.4 Å². The maximum Gasteiger partial charge on any atom is 0.137 e. The zero-order chi connectivity index (χ0) is 11.7.